The first-order valence-corrected chi connectivity index (χ1v) is 20.9. The van der Waals surface area contributed by atoms with E-state index in [4.69, 9.17) is 9.97 Å². The van der Waals surface area contributed by atoms with Gasteiger partial charge in [0, 0.05) is 68.6 Å². The lowest BCUT2D eigenvalue weighted by Gasteiger charge is -2.03. The molecule has 0 radical (unpaired) electrons. The molecule has 0 aliphatic carbocycles. The van der Waals surface area contributed by atoms with Gasteiger partial charge in [-0.15, -0.1) is 0 Å². The number of hydrogen-bond donors (Lipinski definition) is 4. The summed E-state index contributed by atoms with van der Waals surface area (Å²) >= 11 is 0. The summed E-state index contributed by atoms with van der Waals surface area (Å²) in [6, 6.07) is 31.9. The van der Waals surface area contributed by atoms with Crippen molar-refractivity contribution in [1.82, 2.24) is 19.9 Å². The molecule has 2 aromatic carbocycles. The quantitative estimate of drug-likeness (QED) is 0.103. The van der Waals surface area contributed by atoms with E-state index in [1.54, 1.807) is 24.3 Å². The van der Waals surface area contributed by atoms with Gasteiger partial charge in [0.05, 0.1) is 32.6 Å². The first-order chi connectivity index (χ1) is 27.7. The van der Waals surface area contributed by atoms with Gasteiger partial charge >= 0.3 is 0 Å². The molecule has 0 atom stereocenters. The van der Waals surface area contributed by atoms with Gasteiger partial charge in [-0.3, -0.25) is 9.11 Å². The van der Waals surface area contributed by atoms with E-state index in [1.165, 1.54) is 24.3 Å². The largest absolute Gasteiger partial charge is 0.355 e. The molecule has 58 heavy (non-hydrogen) atoms. The van der Waals surface area contributed by atoms with Crippen LogP contribution in [0.4, 0.5) is 0 Å². The van der Waals surface area contributed by atoms with Crippen LogP contribution in [0, 0.1) is 0 Å². The van der Waals surface area contributed by atoms with Crippen molar-refractivity contribution in [3.8, 4) is 22.3 Å². The molecule has 9 rings (SSSR count). The molecule has 7 aromatic rings. The summed E-state index contributed by atoms with van der Waals surface area (Å²) in [7, 11) is -4.88. The number of nitrogens with one attached hydrogen (secondary N) is 2. The summed E-state index contributed by atoms with van der Waals surface area (Å²) in [6.07, 6.45) is 11.9. The Morgan fingerprint density at radius 2 is 0.845 bits per heavy atom. The van der Waals surface area contributed by atoms with E-state index < -0.39 is 20.2 Å². The number of aromatic nitrogens is 6. The molecule has 0 amide bonds. The Balaban J connectivity index is 1.34. The van der Waals surface area contributed by atoms with Crippen LogP contribution in [0.2, 0.25) is 0 Å². The minimum atomic E-state index is -4.40. The molecule has 2 aliphatic rings. The zero-order valence-electron chi connectivity index (χ0n) is 31.0. The highest BCUT2D eigenvalue weighted by Gasteiger charge is 2.19. The summed E-state index contributed by atoms with van der Waals surface area (Å²) in [6.45, 7) is 0. The van der Waals surface area contributed by atoms with Crippen LogP contribution in [-0.2, 0) is 34.3 Å². The van der Waals surface area contributed by atoms with E-state index in [0.29, 0.717) is 33.6 Å². The number of fused-ring (bicyclic) bond motifs is 8. The number of benzene rings is 2. The molecule has 12 nitrogen and oxygen atoms in total. The fraction of sp³-hybridized carbons (Fsp3) is 0.0455. The Morgan fingerprint density at radius 1 is 0.483 bits per heavy atom. The van der Waals surface area contributed by atoms with Gasteiger partial charge in [0.15, 0.2) is 24.8 Å². The van der Waals surface area contributed by atoms with Crippen molar-refractivity contribution in [2.24, 2.45) is 14.1 Å². The van der Waals surface area contributed by atoms with Crippen LogP contribution < -0.4 is 9.13 Å². The number of nitrogens with zero attached hydrogens (tertiary/aromatic N) is 4. The molecular weight excluding hydrogens is 773 g/mol. The maximum absolute atomic E-state index is 11.9. The third-order valence-corrected chi connectivity index (χ3v) is 11.8. The third-order valence-electron chi connectivity index (χ3n) is 10.0. The molecule has 8 bridgehead atoms. The molecule has 0 saturated carbocycles. The van der Waals surface area contributed by atoms with E-state index >= 15 is 0 Å². The zero-order valence-corrected chi connectivity index (χ0v) is 32.6. The van der Waals surface area contributed by atoms with E-state index in [-0.39, 0.29) is 9.79 Å². The van der Waals surface area contributed by atoms with Crippen molar-refractivity contribution in [3.05, 3.63) is 168 Å². The van der Waals surface area contributed by atoms with Crippen LogP contribution >= 0.6 is 0 Å². The van der Waals surface area contributed by atoms with Gasteiger partial charge in [-0.2, -0.15) is 16.8 Å². The molecule has 14 heteroatoms. The Hall–Kier alpha value is -6.84. The highest BCUT2D eigenvalue weighted by Crippen LogP contribution is 2.35. The van der Waals surface area contributed by atoms with Crippen LogP contribution in [-0.4, -0.2) is 45.9 Å². The topological polar surface area (TPSA) is 174 Å². The average Bonchev–Trinajstić information content (AvgIpc) is 3.98. The van der Waals surface area contributed by atoms with E-state index in [1.807, 2.05) is 109 Å². The average molecular weight is 807 g/mol. The van der Waals surface area contributed by atoms with Gasteiger partial charge in [0.2, 0.25) is 0 Å². The smallest absolute Gasteiger partial charge is 0.294 e. The van der Waals surface area contributed by atoms with E-state index in [9.17, 15) is 25.9 Å². The van der Waals surface area contributed by atoms with Gasteiger partial charge in [0.25, 0.3) is 20.2 Å². The molecule has 286 valence electrons. The third kappa shape index (κ3) is 7.28. The van der Waals surface area contributed by atoms with Gasteiger partial charge in [0.1, 0.15) is 14.1 Å². The maximum atomic E-state index is 11.9. The molecule has 4 N–H and O–H groups in total. The highest BCUT2D eigenvalue weighted by molar-refractivity contribution is 7.86. The lowest BCUT2D eigenvalue weighted by atomic mass is 10.0. The molecule has 0 saturated heterocycles. The zero-order chi connectivity index (χ0) is 40.3. The fourth-order valence-electron chi connectivity index (χ4n) is 7.15. The van der Waals surface area contributed by atoms with Crippen molar-refractivity contribution in [2.75, 3.05) is 0 Å². The first kappa shape index (κ1) is 36.8. The van der Waals surface area contributed by atoms with Gasteiger partial charge in [-0.25, -0.2) is 19.1 Å². The fourth-order valence-corrected chi connectivity index (χ4v) is 8.11. The summed E-state index contributed by atoms with van der Waals surface area (Å²) in [5, 5.41) is 0. The van der Waals surface area contributed by atoms with Crippen molar-refractivity contribution >= 4 is 65.6 Å². The molecule has 7 heterocycles. The Labute approximate surface area is 333 Å². The predicted molar refractivity (Wildman–Crippen MR) is 221 cm³/mol. The number of rotatable bonds is 6. The second-order valence-electron chi connectivity index (χ2n) is 14.1. The van der Waals surface area contributed by atoms with Crippen molar-refractivity contribution in [3.63, 3.8) is 0 Å². The van der Waals surface area contributed by atoms with Crippen LogP contribution in [0.1, 0.15) is 33.9 Å². The Kier molecular flexibility index (Phi) is 8.86. The molecule has 2 aliphatic heterocycles. The van der Waals surface area contributed by atoms with Crippen molar-refractivity contribution in [1.29, 1.82) is 0 Å². The second-order valence-corrected chi connectivity index (χ2v) is 17.0. The Bertz CT molecular complexity index is 3260. The van der Waals surface area contributed by atoms with E-state index in [0.717, 1.165) is 55.8 Å². The summed E-state index contributed by atoms with van der Waals surface area (Å²) < 4.78 is 70.8. The molecule has 0 spiro atoms. The van der Waals surface area contributed by atoms with Crippen LogP contribution in [0.3, 0.4) is 0 Å². The number of aryl methyl sites for hydroxylation is 2. The second kappa shape index (κ2) is 14.0. The highest BCUT2D eigenvalue weighted by atomic mass is 32.2. The molecule has 0 fully saturated rings. The summed E-state index contributed by atoms with van der Waals surface area (Å²) in [4.78, 5) is 16.9. The Morgan fingerprint density at radius 3 is 1.26 bits per heavy atom. The van der Waals surface area contributed by atoms with Crippen LogP contribution in [0.5, 0.6) is 0 Å². The lowest BCUT2D eigenvalue weighted by Crippen LogP contribution is -2.25. The van der Waals surface area contributed by atoms with Gasteiger partial charge in [-0.1, -0.05) is 24.3 Å². The van der Waals surface area contributed by atoms with Gasteiger partial charge < -0.3 is 9.97 Å². The minimum Gasteiger partial charge on any atom is -0.355 e. The number of hydrogen-bond acceptors (Lipinski definition) is 6. The lowest BCUT2D eigenvalue weighted by molar-refractivity contribution is -0.671. The van der Waals surface area contributed by atoms with Crippen molar-refractivity contribution in [2.45, 2.75) is 9.79 Å². The molecular formula is C44H34N6O6S2+2. The number of pyridine rings is 2. The normalized spacial score (nSPS) is 13.0. The summed E-state index contributed by atoms with van der Waals surface area (Å²) in [5.41, 5.74) is 12.3. The monoisotopic (exact) mass is 806 g/mol. The molecule has 0 unspecified atom stereocenters. The van der Waals surface area contributed by atoms with Crippen LogP contribution in [0.15, 0.2) is 144 Å². The standard InChI is InChI=1S/C44H32N6O6S2/c1-49-15-11-29(12-16-49)39-21-33-24-42-37(27-3-7-35(8-4-27)57(51,52)53)19-31(45-42)23-41-38(28-5-9-36(10-6-28)58(54,55)56)20-32(46-41)25-43-40(30-13-17-50(2)18-14-30)22-34(48-43)26-44(39)47-33/h3-26H,1-2H3,(H2-,45,46,47,48,51,52,53,54,55,56)/p+2. The predicted octanol–water partition coefficient (Wildman–Crippen LogP) is 6.97. The van der Waals surface area contributed by atoms with Crippen molar-refractivity contribution < 1.29 is 35.1 Å². The SMILES string of the molecule is C[n+]1ccc(C2=Cc3cc4[nH]c(cc5nc(cc6[nH]c(cc2n3)cc6-c2ccc(S(=O)(=O)O)cc2)C=C5c2ccc(S(=O)(=O)O)cc2)cc4-c2cc[n+](C)cc2)cc1. The van der Waals surface area contributed by atoms with Gasteiger partial charge in [-0.05, 0) is 95.1 Å². The number of aromatic amines is 2. The van der Waals surface area contributed by atoms with E-state index in [2.05, 4.69) is 22.1 Å². The molecule has 5 aromatic heterocycles. The maximum Gasteiger partial charge on any atom is 0.294 e. The first-order valence-electron chi connectivity index (χ1n) is 18.0. The summed E-state index contributed by atoms with van der Waals surface area (Å²) in [5.74, 6) is 0. The number of H-pyrrole nitrogens is 2. The minimum absolute atomic E-state index is 0.223. The van der Waals surface area contributed by atoms with Crippen LogP contribution in [0.25, 0.3) is 67.6 Å².